The molecule has 1 aliphatic rings. The van der Waals surface area contributed by atoms with Gasteiger partial charge in [0.05, 0.1) is 35.1 Å². The molecule has 29 heavy (non-hydrogen) atoms. The lowest BCUT2D eigenvalue weighted by Gasteiger charge is -2.31. The number of anilines is 1. The lowest BCUT2D eigenvalue weighted by Crippen LogP contribution is -2.37. The quantitative estimate of drug-likeness (QED) is 0.389. The number of ether oxygens (including phenoxy) is 1. The van der Waals surface area contributed by atoms with Crippen molar-refractivity contribution < 1.29 is 23.4 Å². The van der Waals surface area contributed by atoms with Gasteiger partial charge in [0.25, 0.3) is 10.0 Å². The van der Waals surface area contributed by atoms with E-state index in [0.29, 0.717) is 37.6 Å². The number of phenols is 2. The van der Waals surface area contributed by atoms with Crippen LogP contribution in [0.5, 0.6) is 11.5 Å². The number of nitrogens with one attached hydrogen (secondary N) is 1. The zero-order valence-electron chi connectivity index (χ0n) is 16.6. The highest BCUT2D eigenvalue weighted by molar-refractivity contribution is 7.89. The largest absolute Gasteiger partial charge is 0.507 e. The Kier molecular flexibility index (Phi) is 5.99. The van der Waals surface area contributed by atoms with E-state index >= 15 is 0 Å². The molecule has 9 heteroatoms. The Morgan fingerprint density at radius 2 is 1.76 bits per heavy atom. The van der Waals surface area contributed by atoms with E-state index in [9.17, 15) is 18.6 Å². The summed E-state index contributed by atoms with van der Waals surface area (Å²) in [5.41, 5.74) is 2.39. The Bertz CT molecular complexity index is 1030. The molecule has 8 nitrogen and oxygen atoms in total. The summed E-state index contributed by atoms with van der Waals surface area (Å²) in [4.78, 5) is 4.19. The monoisotopic (exact) mass is 419 g/mol. The summed E-state index contributed by atoms with van der Waals surface area (Å²) < 4.78 is 30.4. The van der Waals surface area contributed by atoms with Gasteiger partial charge in [0, 0.05) is 13.1 Å². The molecule has 0 spiro atoms. The standard InChI is InChI=1S/C20H25N3O5S/c1-13-4-6-16(7-5-13)29(26,27)22-21-15(3)18-17(24)12-14(2)20(25)19(18)23-8-10-28-11-9-23/h4-7,12,22,24-25H,8-11H2,1-3H3/b21-15-. The van der Waals surface area contributed by atoms with Crippen LogP contribution in [0.2, 0.25) is 0 Å². The molecule has 0 aromatic heterocycles. The molecular weight excluding hydrogens is 394 g/mol. The average Bonchev–Trinajstić information content (AvgIpc) is 2.69. The van der Waals surface area contributed by atoms with Crippen molar-refractivity contribution in [3.8, 4) is 11.5 Å². The predicted octanol–water partition coefficient (Wildman–Crippen LogP) is 2.25. The topological polar surface area (TPSA) is 111 Å². The fraction of sp³-hybridized carbons (Fsp3) is 0.350. The lowest BCUT2D eigenvalue weighted by molar-refractivity contribution is 0.122. The number of morpholine rings is 1. The van der Waals surface area contributed by atoms with E-state index in [0.717, 1.165) is 5.56 Å². The van der Waals surface area contributed by atoms with Crippen LogP contribution in [0.3, 0.4) is 0 Å². The van der Waals surface area contributed by atoms with Crippen molar-refractivity contribution in [2.24, 2.45) is 5.10 Å². The Balaban J connectivity index is 1.98. The van der Waals surface area contributed by atoms with Crippen LogP contribution in [0.1, 0.15) is 23.6 Å². The van der Waals surface area contributed by atoms with Gasteiger partial charge >= 0.3 is 0 Å². The van der Waals surface area contributed by atoms with E-state index in [1.165, 1.54) is 18.2 Å². The van der Waals surface area contributed by atoms with Crippen molar-refractivity contribution in [1.82, 2.24) is 4.83 Å². The average molecular weight is 420 g/mol. The van der Waals surface area contributed by atoms with Gasteiger partial charge in [-0.3, -0.25) is 0 Å². The van der Waals surface area contributed by atoms with Crippen LogP contribution in [-0.2, 0) is 14.8 Å². The molecule has 1 fully saturated rings. The molecule has 0 radical (unpaired) electrons. The number of hydrogen-bond donors (Lipinski definition) is 3. The maximum Gasteiger partial charge on any atom is 0.276 e. The molecule has 2 aromatic carbocycles. The van der Waals surface area contributed by atoms with Gasteiger partial charge in [0.1, 0.15) is 11.5 Å². The van der Waals surface area contributed by atoms with Crippen molar-refractivity contribution in [3.63, 3.8) is 0 Å². The number of phenolic OH excluding ortho intramolecular Hbond substituents is 2. The van der Waals surface area contributed by atoms with Crippen molar-refractivity contribution in [2.45, 2.75) is 25.7 Å². The van der Waals surface area contributed by atoms with Crippen molar-refractivity contribution in [1.29, 1.82) is 0 Å². The zero-order chi connectivity index (χ0) is 21.2. The van der Waals surface area contributed by atoms with Gasteiger partial charge in [-0.05, 0) is 44.5 Å². The van der Waals surface area contributed by atoms with Crippen LogP contribution in [0.4, 0.5) is 5.69 Å². The van der Waals surface area contributed by atoms with E-state index in [2.05, 4.69) is 9.93 Å². The number of hydrazone groups is 1. The van der Waals surface area contributed by atoms with Crippen LogP contribution in [0, 0.1) is 13.8 Å². The van der Waals surface area contributed by atoms with E-state index in [4.69, 9.17) is 4.74 Å². The second-order valence-electron chi connectivity index (χ2n) is 6.99. The normalized spacial score (nSPS) is 15.4. The fourth-order valence-corrected chi connectivity index (χ4v) is 4.04. The van der Waals surface area contributed by atoms with Crippen LogP contribution < -0.4 is 9.73 Å². The second-order valence-corrected chi connectivity index (χ2v) is 8.65. The molecule has 0 saturated carbocycles. The first kappa shape index (κ1) is 20.9. The fourth-order valence-electron chi connectivity index (χ4n) is 3.18. The first-order valence-electron chi connectivity index (χ1n) is 9.22. The highest BCUT2D eigenvalue weighted by Gasteiger charge is 2.25. The maximum absolute atomic E-state index is 12.5. The minimum atomic E-state index is -3.86. The number of aryl methyl sites for hydroxylation is 2. The maximum atomic E-state index is 12.5. The van der Waals surface area contributed by atoms with Crippen molar-refractivity contribution >= 4 is 21.4 Å². The molecule has 1 saturated heterocycles. The number of nitrogens with zero attached hydrogens (tertiary/aromatic N) is 2. The van der Waals surface area contributed by atoms with Gasteiger partial charge in [-0.2, -0.15) is 18.4 Å². The van der Waals surface area contributed by atoms with Gasteiger partial charge < -0.3 is 19.8 Å². The number of benzene rings is 2. The van der Waals surface area contributed by atoms with E-state index in [1.807, 2.05) is 11.8 Å². The smallest absolute Gasteiger partial charge is 0.276 e. The minimum absolute atomic E-state index is 0.0237. The third kappa shape index (κ3) is 4.46. The van der Waals surface area contributed by atoms with E-state index in [1.54, 1.807) is 26.0 Å². The third-order valence-electron chi connectivity index (χ3n) is 4.80. The van der Waals surface area contributed by atoms with Gasteiger partial charge in [-0.1, -0.05) is 17.7 Å². The highest BCUT2D eigenvalue weighted by Crippen LogP contribution is 2.40. The molecule has 156 valence electrons. The lowest BCUT2D eigenvalue weighted by atomic mass is 10.0. The van der Waals surface area contributed by atoms with Gasteiger partial charge in [-0.15, -0.1) is 0 Å². The molecule has 1 aliphatic heterocycles. The summed E-state index contributed by atoms with van der Waals surface area (Å²) in [6.45, 7) is 7.18. The Morgan fingerprint density at radius 3 is 2.38 bits per heavy atom. The van der Waals surface area contributed by atoms with E-state index in [-0.39, 0.29) is 27.7 Å². The molecule has 0 bridgehead atoms. The Hall–Kier alpha value is -2.78. The molecular formula is C20H25N3O5S. The van der Waals surface area contributed by atoms with Gasteiger partial charge in [0.15, 0.2) is 0 Å². The van der Waals surface area contributed by atoms with Crippen molar-refractivity contribution in [3.05, 3.63) is 47.0 Å². The van der Waals surface area contributed by atoms with Crippen LogP contribution in [0.25, 0.3) is 0 Å². The van der Waals surface area contributed by atoms with Crippen LogP contribution >= 0.6 is 0 Å². The molecule has 2 aromatic rings. The molecule has 3 N–H and O–H groups in total. The highest BCUT2D eigenvalue weighted by atomic mass is 32.2. The molecule has 0 unspecified atom stereocenters. The third-order valence-corrected chi connectivity index (χ3v) is 6.02. The summed E-state index contributed by atoms with van der Waals surface area (Å²) in [5.74, 6) is -0.0618. The number of hydrogen-bond acceptors (Lipinski definition) is 7. The van der Waals surface area contributed by atoms with Crippen LogP contribution in [0.15, 0.2) is 40.3 Å². The van der Waals surface area contributed by atoms with Crippen molar-refractivity contribution in [2.75, 3.05) is 31.2 Å². The summed E-state index contributed by atoms with van der Waals surface area (Å²) >= 11 is 0. The first-order valence-corrected chi connectivity index (χ1v) is 10.7. The molecule has 0 amide bonds. The minimum Gasteiger partial charge on any atom is -0.507 e. The van der Waals surface area contributed by atoms with Gasteiger partial charge in [0.2, 0.25) is 0 Å². The summed E-state index contributed by atoms with van der Waals surface area (Å²) in [6.07, 6.45) is 0. The van der Waals surface area contributed by atoms with Gasteiger partial charge in [-0.25, -0.2) is 0 Å². The number of rotatable bonds is 5. The predicted molar refractivity (Wildman–Crippen MR) is 111 cm³/mol. The first-order chi connectivity index (χ1) is 13.7. The van der Waals surface area contributed by atoms with E-state index < -0.39 is 10.0 Å². The number of sulfonamides is 1. The molecule has 0 aliphatic carbocycles. The summed E-state index contributed by atoms with van der Waals surface area (Å²) in [7, 11) is -3.86. The second kappa shape index (κ2) is 8.30. The summed E-state index contributed by atoms with van der Waals surface area (Å²) in [5, 5.41) is 25.2. The Labute approximate surface area is 170 Å². The zero-order valence-corrected chi connectivity index (χ0v) is 17.5. The molecule has 3 rings (SSSR count). The number of aromatic hydroxyl groups is 2. The Morgan fingerprint density at radius 1 is 1.14 bits per heavy atom. The molecule has 0 atom stereocenters. The summed E-state index contributed by atoms with van der Waals surface area (Å²) in [6, 6.07) is 7.83. The molecule has 1 heterocycles. The SMILES string of the molecule is C/C(=N/NS(=O)(=O)c1ccc(C)cc1)c1c(O)cc(C)c(O)c1N1CCOCC1. The van der Waals surface area contributed by atoms with Crippen LogP contribution in [-0.4, -0.2) is 50.6 Å².